The Morgan fingerprint density at radius 3 is 2.52 bits per heavy atom. The van der Waals surface area contributed by atoms with Gasteiger partial charge >= 0.3 is 12.1 Å². The summed E-state index contributed by atoms with van der Waals surface area (Å²) in [6, 6.07) is 15.6. The zero-order chi connectivity index (χ0) is 21.0. The van der Waals surface area contributed by atoms with E-state index in [-0.39, 0.29) is 17.0 Å². The van der Waals surface area contributed by atoms with E-state index < -0.39 is 17.7 Å². The number of pyridine rings is 1. The lowest BCUT2D eigenvalue weighted by atomic mass is 10.1. The van der Waals surface area contributed by atoms with Gasteiger partial charge in [-0.25, -0.2) is 9.78 Å². The zero-order valence-electron chi connectivity index (χ0n) is 15.0. The van der Waals surface area contributed by atoms with Gasteiger partial charge in [-0.2, -0.15) is 18.4 Å². The Bertz CT molecular complexity index is 1100. The lowest BCUT2D eigenvalue weighted by molar-refractivity contribution is -0.137. The van der Waals surface area contributed by atoms with Gasteiger partial charge in [0.2, 0.25) is 5.88 Å². The normalized spacial score (nSPS) is 10.9. The fourth-order valence-corrected chi connectivity index (χ4v) is 2.52. The van der Waals surface area contributed by atoms with Crippen LogP contribution < -0.4 is 9.47 Å². The molecule has 1 heterocycles. The van der Waals surface area contributed by atoms with Crippen molar-refractivity contribution in [3.8, 4) is 29.0 Å². The molecule has 0 aliphatic heterocycles. The molecule has 0 aliphatic carbocycles. The van der Waals surface area contributed by atoms with E-state index in [1.165, 1.54) is 19.2 Å². The number of methoxy groups -OCH3 is 1. The Morgan fingerprint density at radius 1 is 1.07 bits per heavy atom. The lowest BCUT2D eigenvalue weighted by Gasteiger charge is -2.10. The van der Waals surface area contributed by atoms with Crippen LogP contribution in [0.4, 0.5) is 13.2 Å². The van der Waals surface area contributed by atoms with Crippen molar-refractivity contribution in [3.05, 3.63) is 77.4 Å². The number of halogens is 3. The quantitative estimate of drug-likeness (QED) is 0.587. The van der Waals surface area contributed by atoms with Crippen molar-refractivity contribution in [1.82, 2.24) is 4.98 Å². The number of benzene rings is 2. The molecule has 0 saturated carbocycles. The van der Waals surface area contributed by atoms with Gasteiger partial charge in [-0.3, -0.25) is 0 Å². The fourth-order valence-electron chi connectivity index (χ4n) is 2.52. The summed E-state index contributed by atoms with van der Waals surface area (Å²) in [6.45, 7) is 0. The Labute approximate surface area is 164 Å². The first kappa shape index (κ1) is 19.9. The van der Waals surface area contributed by atoms with Gasteiger partial charge in [-0.05, 0) is 42.5 Å². The van der Waals surface area contributed by atoms with Crippen LogP contribution in [0.15, 0.2) is 60.7 Å². The van der Waals surface area contributed by atoms with E-state index >= 15 is 0 Å². The number of hydrogen-bond donors (Lipinski definition) is 0. The van der Waals surface area contributed by atoms with Crippen LogP contribution in [0, 0.1) is 11.3 Å². The summed E-state index contributed by atoms with van der Waals surface area (Å²) < 4.78 is 48.9. The fraction of sp³-hybridized carbons (Fsp3) is 0.0952. The molecule has 0 bridgehead atoms. The van der Waals surface area contributed by atoms with Crippen molar-refractivity contribution < 1.29 is 27.4 Å². The van der Waals surface area contributed by atoms with Crippen molar-refractivity contribution in [1.29, 1.82) is 5.26 Å². The molecule has 0 spiro atoms. The summed E-state index contributed by atoms with van der Waals surface area (Å²) in [5.74, 6) is -0.769. The number of hydrogen-bond acceptors (Lipinski definition) is 5. The molecule has 0 amide bonds. The highest BCUT2D eigenvalue weighted by Gasteiger charge is 2.31. The number of alkyl halides is 3. The maximum atomic E-state index is 12.9. The zero-order valence-corrected chi connectivity index (χ0v) is 15.0. The molecule has 0 unspecified atom stereocenters. The van der Waals surface area contributed by atoms with Gasteiger partial charge in [-0.1, -0.05) is 18.2 Å². The molecule has 2 aromatic carbocycles. The maximum absolute atomic E-state index is 12.9. The molecular formula is C21H13F3N2O3. The first-order chi connectivity index (χ1) is 13.8. The summed E-state index contributed by atoms with van der Waals surface area (Å²) >= 11 is 0. The van der Waals surface area contributed by atoms with E-state index in [0.29, 0.717) is 23.1 Å². The second kappa shape index (κ2) is 8.02. The Kier molecular flexibility index (Phi) is 5.50. The predicted octanol–water partition coefficient (Wildman–Crippen LogP) is 4.87. The number of carbonyl (C=O) groups is 1. The average Bonchev–Trinajstić information content (AvgIpc) is 2.73. The average molecular weight is 398 g/mol. The topological polar surface area (TPSA) is 72.2 Å². The molecule has 0 saturated heterocycles. The summed E-state index contributed by atoms with van der Waals surface area (Å²) in [7, 11) is 1.51. The van der Waals surface area contributed by atoms with Crippen molar-refractivity contribution in [2.75, 3.05) is 7.11 Å². The van der Waals surface area contributed by atoms with Crippen molar-refractivity contribution >= 4 is 5.97 Å². The summed E-state index contributed by atoms with van der Waals surface area (Å²) in [6.07, 6.45) is -4.60. The summed E-state index contributed by atoms with van der Waals surface area (Å²) in [5.41, 5.74) is -0.278. The van der Waals surface area contributed by atoms with Gasteiger partial charge in [0.1, 0.15) is 17.4 Å². The predicted molar refractivity (Wildman–Crippen MR) is 97.3 cm³/mol. The largest absolute Gasteiger partial charge is 0.497 e. The second-order valence-corrected chi connectivity index (χ2v) is 5.86. The van der Waals surface area contributed by atoms with Gasteiger partial charge in [-0.15, -0.1) is 0 Å². The standard InChI is InChI=1S/C21H13F3N2O3/c1-28-17-7-3-4-13(11-17)18-9-8-15(12-25)19(26-18)29-20(27)14-5-2-6-16(10-14)21(22,23)24/h2-11H,1H3. The highest BCUT2D eigenvalue weighted by Crippen LogP contribution is 2.30. The third-order valence-electron chi connectivity index (χ3n) is 3.96. The number of nitrogens with zero attached hydrogens (tertiary/aromatic N) is 2. The van der Waals surface area contributed by atoms with Crippen LogP contribution in [0.3, 0.4) is 0 Å². The minimum absolute atomic E-state index is 0.0306. The van der Waals surface area contributed by atoms with E-state index in [2.05, 4.69) is 4.98 Å². The molecule has 3 rings (SSSR count). The maximum Gasteiger partial charge on any atom is 0.416 e. The van der Waals surface area contributed by atoms with Gasteiger partial charge < -0.3 is 9.47 Å². The van der Waals surface area contributed by atoms with E-state index in [1.54, 1.807) is 30.3 Å². The number of esters is 1. The smallest absolute Gasteiger partial charge is 0.416 e. The Balaban J connectivity index is 1.94. The highest BCUT2D eigenvalue weighted by molar-refractivity contribution is 5.91. The van der Waals surface area contributed by atoms with Gasteiger partial charge in [0, 0.05) is 5.56 Å². The minimum Gasteiger partial charge on any atom is -0.497 e. The van der Waals surface area contributed by atoms with Crippen molar-refractivity contribution in [2.45, 2.75) is 6.18 Å². The first-order valence-corrected chi connectivity index (χ1v) is 8.27. The lowest BCUT2D eigenvalue weighted by Crippen LogP contribution is -2.13. The van der Waals surface area contributed by atoms with Crippen molar-refractivity contribution in [2.24, 2.45) is 0 Å². The molecule has 0 radical (unpaired) electrons. The van der Waals surface area contributed by atoms with Crippen molar-refractivity contribution in [3.63, 3.8) is 0 Å². The van der Waals surface area contributed by atoms with Crippen LogP contribution in [0.5, 0.6) is 11.6 Å². The monoisotopic (exact) mass is 398 g/mol. The molecule has 8 heteroatoms. The van der Waals surface area contributed by atoms with Gasteiger partial charge in [0.05, 0.1) is 23.9 Å². The third kappa shape index (κ3) is 4.52. The molecule has 5 nitrogen and oxygen atoms in total. The van der Waals surface area contributed by atoms with Crippen LogP contribution in [0.1, 0.15) is 21.5 Å². The number of nitriles is 1. The SMILES string of the molecule is COc1cccc(-c2ccc(C#N)c(OC(=O)c3cccc(C(F)(F)F)c3)n2)c1. The number of rotatable bonds is 4. The van der Waals surface area contributed by atoms with Crippen LogP contribution >= 0.6 is 0 Å². The number of carbonyl (C=O) groups excluding carboxylic acids is 1. The van der Waals surface area contributed by atoms with E-state index in [9.17, 15) is 23.2 Å². The van der Waals surface area contributed by atoms with E-state index in [4.69, 9.17) is 9.47 Å². The van der Waals surface area contributed by atoms with Crippen LogP contribution in [-0.4, -0.2) is 18.1 Å². The van der Waals surface area contributed by atoms with Gasteiger partial charge in [0.15, 0.2) is 0 Å². The Hall–Kier alpha value is -3.86. The minimum atomic E-state index is -4.60. The molecule has 1 aromatic heterocycles. The molecule has 3 aromatic rings. The van der Waals surface area contributed by atoms with Gasteiger partial charge in [0.25, 0.3) is 0 Å². The third-order valence-corrected chi connectivity index (χ3v) is 3.96. The summed E-state index contributed by atoms with van der Waals surface area (Å²) in [5, 5.41) is 9.25. The number of aromatic nitrogens is 1. The second-order valence-electron chi connectivity index (χ2n) is 5.86. The summed E-state index contributed by atoms with van der Waals surface area (Å²) in [4.78, 5) is 16.5. The van der Waals surface area contributed by atoms with Crippen LogP contribution in [0.25, 0.3) is 11.3 Å². The molecular weight excluding hydrogens is 385 g/mol. The number of ether oxygens (including phenoxy) is 2. The molecule has 146 valence electrons. The molecule has 0 N–H and O–H groups in total. The van der Waals surface area contributed by atoms with E-state index in [0.717, 1.165) is 12.1 Å². The molecule has 0 atom stereocenters. The highest BCUT2D eigenvalue weighted by atomic mass is 19.4. The van der Waals surface area contributed by atoms with Crippen LogP contribution in [-0.2, 0) is 6.18 Å². The molecule has 0 fully saturated rings. The first-order valence-electron chi connectivity index (χ1n) is 8.27. The molecule has 29 heavy (non-hydrogen) atoms. The van der Waals surface area contributed by atoms with E-state index in [1.807, 2.05) is 6.07 Å². The van der Waals surface area contributed by atoms with Crippen LogP contribution in [0.2, 0.25) is 0 Å². The Morgan fingerprint density at radius 2 is 1.83 bits per heavy atom. The molecule has 0 aliphatic rings.